The molecule has 7 heteroatoms. The van der Waals surface area contributed by atoms with E-state index in [-0.39, 0.29) is 24.0 Å². The largest absolute Gasteiger partial charge is 0.378 e. The molecule has 6 nitrogen and oxygen atoms in total. The van der Waals surface area contributed by atoms with Crippen molar-refractivity contribution < 1.29 is 4.74 Å². The van der Waals surface area contributed by atoms with E-state index in [0.29, 0.717) is 25.7 Å². The van der Waals surface area contributed by atoms with E-state index < -0.39 is 0 Å². The number of halogens is 1. The van der Waals surface area contributed by atoms with Crippen LogP contribution in [-0.4, -0.2) is 46.5 Å². The van der Waals surface area contributed by atoms with E-state index in [2.05, 4.69) is 29.2 Å². The number of rotatable bonds is 2. The number of aromatic nitrogens is 2. The number of hydrogen-bond donors (Lipinski definition) is 1. The summed E-state index contributed by atoms with van der Waals surface area (Å²) < 4.78 is 7.31. The molecule has 2 N–H and O–H groups in total. The van der Waals surface area contributed by atoms with Crippen LogP contribution in [-0.2, 0) is 11.3 Å². The zero-order valence-corrected chi connectivity index (χ0v) is 14.4. The Balaban J connectivity index is 0.00000161. The van der Waals surface area contributed by atoms with Gasteiger partial charge in [0.25, 0.3) is 0 Å². The molecule has 2 aromatic heterocycles. The molecule has 0 bridgehead atoms. The van der Waals surface area contributed by atoms with E-state index in [1.807, 2.05) is 21.6 Å². The van der Waals surface area contributed by atoms with Gasteiger partial charge in [0.1, 0.15) is 5.65 Å². The van der Waals surface area contributed by atoms with Gasteiger partial charge in [-0.05, 0) is 18.6 Å². The van der Waals surface area contributed by atoms with Crippen molar-refractivity contribution in [1.29, 1.82) is 0 Å². The maximum atomic E-state index is 6.00. The maximum absolute atomic E-state index is 6.00. The molecule has 0 saturated carbocycles. The third-order valence-electron chi connectivity index (χ3n) is 3.39. The summed E-state index contributed by atoms with van der Waals surface area (Å²) in [7, 11) is 0. The molecule has 0 aromatic carbocycles. The third kappa shape index (κ3) is 3.85. The van der Waals surface area contributed by atoms with Crippen molar-refractivity contribution in [3.8, 4) is 0 Å². The number of hydrogen-bond acceptors (Lipinski definition) is 3. The number of nitrogens with two attached hydrogens (primary N) is 1. The second-order valence-corrected chi connectivity index (χ2v) is 4.98. The number of guanidine groups is 1. The van der Waals surface area contributed by atoms with Crippen LogP contribution in [0.3, 0.4) is 0 Å². The summed E-state index contributed by atoms with van der Waals surface area (Å²) in [5.41, 5.74) is 9.07. The molecule has 21 heavy (non-hydrogen) atoms. The Hall–Kier alpha value is -1.35. The van der Waals surface area contributed by atoms with Gasteiger partial charge >= 0.3 is 0 Å². The SMILES string of the molecule is Cc1ccc2nc(CN=C(N)N3CCOCC3)cn2c1.I. The molecule has 0 radical (unpaired) electrons. The lowest BCUT2D eigenvalue weighted by Crippen LogP contribution is -2.44. The topological polar surface area (TPSA) is 68.1 Å². The number of nitrogens with zero attached hydrogens (tertiary/aromatic N) is 4. The zero-order valence-electron chi connectivity index (χ0n) is 12.0. The predicted octanol–water partition coefficient (Wildman–Crippen LogP) is 1.41. The van der Waals surface area contributed by atoms with Crippen LogP contribution < -0.4 is 5.73 Å². The fraction of sp³-hybridized carbons (Fsp3) is 0.429. The van der Waals surface area contributed by atoms with E-state index in [4.69, 9.17) is 10.5 Å². The molecule has 1 aliphatic heterocycles. The van der Waals surface area contributed by atoms with Crippen LogP contribution in [0.25, 0.3) is 5.65 Å². The highest BCUT2D eigenvalue weighted by molar-refractivity contribution is 14.0. The average molecular weight is 401 g/mol. The molecule has 2 aromatic rings. The van der Waals surface area contributed by atoms with Gasteiger partial charge in [0.2, 0.25) is 0 Å². The second-order valence-electron chi connectivity index (χ2n) is 4.98. The number of aryl methyl sites for hydroxylation is 1. The molecule has 1 fully saturated rings. The first-order valence-corrected chi connectivity index (χ1v) is 6.79. The van der Waals surface area contributed by atoms with Crippen molar-refractivity contribution in [3.63, 3.8) is 0 Å². The summed E-state index contributed by atoms with van der Waals surface area (Å²) in [4.78, 5) is 11.0. The van der Waals surface area contributed by atoms with Crippen LogP contribution >= 0.6 is 24.0 Å². The van der Waals surface area contributed by atoms with Crippen LogP contribution in [0, 0.1) is 6.92 Å². The number of morpholine rings is 1. The normalized spacial score (nSPS) is 16.0. The highest BCUT2D eigenvalue weighted by Gasteiger charge is 2.12. The van der Waals surface area contributed by atoms with E-state index in [0.717, 1.165) is 24.4 Å². The molecule has 0 unspecified atom stereocenters. The molecule has 0 aliphatic carbocycles. The summed E-state index contributed by atoms with van der Waals surface area (Å²) in [6.45, 7) is 5.60. The lowest BCUT2D eigenvalue weighted by Gasteiger charge is -2.27. The fourth-order valence-electron chi connectivity index (χ4n) is 2.29. The van der Waals surface area contributed by atoms with E-state index >= 15 is 0 Å². The standard InChI is InChI=1S/C14H19N5O.HI/c1-11-2-3-13-17-12(10-19(13)9-11)8-16-14(15)18-4-6-20-7-5-18;/h2-3,9-10H,4-8H2,1H3,(H2,15,16);1H. The van der Waals surface area contributed by atoms with Gasteiger partial charge in [-0.2, -0.15) is 0 Å². The summed E-state index contributed by atoms with van der Waals surface area (Å²) >= 11 is 0. The zero-order chi connectivity index (χ0) is 13.9. The van der Waals surface area contributed by atoms with Crippen molar-refractivity contribution in [2.45, 2.75) is 13.5 Å². The fourth-order valence-corrected chi connectivity index (χ4v) is 2.29. The van der Waals surface area contributed by atoms with Gasteiger partial charge in [-0.25, -0.2) is 9.98 Å². The van der Waals surface area contributed by atoms with Crippen molar-refractivity contribution in [3.05, 3.63) is 35.8 Å². The highest BCUT2D eigenvalue weighted by atomic mass is 127. The first-order valence-electron chi connectivity index (χ1n) is 6.79. The molecule has 114 valence electrons. The van der Waals surface area contributed by atoms with Gasteiger partial charge in [0.05, 0.1) is 25.5 Å². The summed E-state index contributed by atoms with van der Waals surface area (Å²) in [5.74, 6) is 0.571. The summed E-state index contributed by atoms with van der Waals surface area (Å²) in [6, 6.07) is 4.06. The first-order chi connectivity index (χ1) is 9.72. The van der Waals surface area contributed by atoms with Crippen molar-refractivity contribution in [2.75, 3.05) is 26.3 Å². The molecule has 1 aliphatic rings. The molecule has 0 amide bonds. The lowest BCUT2D eigenvalue weighted by atomic mass is 10.3. The highest BCUT2D eigenvalue weighted by Crippen LogP contribution is 2.08. The van der Waals surface area contributed by atoms with Crippen molar-refractivity contribution >= 4 is 35.6 Å². The minimum Gasteiger partial charge on any atom is -0.378 e. The Kier molecular flexibility index (Phi) is 5.40. The number of ether oxygens (including phenoxy) is 1. The minimum atomic E-state index is 0. The van der Waals surface area contributed by atoms with Gasteiger partial charge in [0, 0.05) is 25.5 Å². The Labute approximate surface area is 141 Å². The van der Waals surface area contributed by atoms with Gasteiger partial charge in [-0.1, -0.05) is 6.07 Å². The van der Waals surface area contributed by atoms with Gasteiger partial charge in [0.15, 0.2) is 5.96 Å². The van der Waals surface area contributed by atoms with Gasteiger partial charge < -0.3 is 19.8 Å². The quantitative estimate of drug-likeness (QED) is 0.470. The number of fused-ring (bicyclic) bond motifs is 1. The molecule has 0 spiro atoms. The maximum Gasteiger partial charge on any atom is 0.191 e. The Morgan fingerprint density at radius 2 is 2.10 bits per heavy atom. The van der Waals surface area contributed by atoms with Crippen LogP contribution in [0.2, 0.25) is 0 Å². The molecule has 1 saturated heterocycles. The molecular formula is C14H20IN5O. The van der Waals surface area contributed by atoms with Crippen molar-refractivity contribution in [2.24, 2.45) is 10.7 Å². The first kappa shape index (κ1) is 16.0. The van der Waals surface area contributed by atoms with Crippen LogP contribution in [0.1, 0.15) is 11.3 Å². The van der Waals surface area contributed by atoms with Crippen LogP contribution in [0.4, 0.5) is 0 Å². The van der Waals surface area contributed by atoms with E-state index in [9.17, 15) is 0 Å². The Morgan fingerprint density at radius 1 is 1.33 bits per heavy atom. The summed E-state index contributed by atoms with van der Waals surface area (Å²) in [5, 5.41) is 0. The molecular weight excluding hydrogens is 381 g/mol. The smallest absolute Gasteiger partial charge is 0.191 e. The van der Waals surface area contributed by atoms with E-state index in [1.54, 1.807) is 0 Å². The third-order valence-corrected chi connectivity index (χ3v) is 3.39. The van der Waals surface area contributed by atoms with Crippen LogP contribution in [0.15, 0.2) is 29.5 Å². The second kappa shape index (κ2) is 7.08. The van der Waals surface area contributed by atoms with Crippen molar-refractivity contribution in [1.82, 2.24) is 14.3 Å². The number of imidazole rings is 1. The van der Waals surface area contributed by atoms with Gasteiger partial charge in [-0.15, -0.1) is 24.0 Å². The number of aliphatic imine (C=N–C) groups is 1. The monoisotopic (exact) mass is 401 g/mol. The molecule has 0 atom stereocenters. The Bertz CT molecular complexity index is 633. The van der Waals surface area contributed by atoms with E-state index in [1.165, 1.54) is 5.56 Å². The number of pyridine rings is 1. The van der Waals surface area contributed by atoms with Gasteiger partial charge in [-0.3, -0.25) is 0 Å². The minimum absolute atomic E-state index is 0. The average Bonchev–Trinajstić information content (AvgIpc) is 2.87. The lowest BCUT2D eigenvalue weighted by molar-refractivity contribution is 0.0674. The molecule has 3 heterocycles. The van der Waals surface area contributed by atoms with Crippen LogP contribution in [0.5, 0.6) is 0 Å². The molecule has 3 rings (SSSR count). The Morgan fingerprint density at radius 3 is 2.86 bits per heavy atom. The predicted molar refractivity (Wildman–Crippen MR) is 93.1 cm³/mol. The summed E-state index contributed by atoms with van der Waals surface area (Å²) in [6.07, 6.45) is 4.05.